The van der Waals surface area contributed by atoms with Crippen molar-refractivity contribution in [2.45, 2.75) is 64.3 Å². The summed E-state index contributed by atoms with van der Waals surface area (Å²) in [4.78, 5) is 30.9. The van der Waals surface area contributed by atoms with Crippen molar-refractivity contribution in [2.75, 3.05) is 11.4 Å². The maximum atomic E-state index is 13.4. The van der Waals surface area contributed by atoms with Crippen LogP contribution in [0, 0.1) is 0 Å². The maximum absolute atomic E-state index is 13.4. The Balaban J connectivity index is 1.69. The zero-order valence-corrected chi connectivity index (χ0v) is 19.8. The number of rotatable bonds is 6. The summed E-state index contributed by atoms with van der Waals surface area (Å²) < 4.78 is 1.50. The summed E-state index contributed by atoms with van der Waals surface area (Å²) in [6, 6.07) is 6.07. The molecule has 4 nitrogen and oxygen atoms in total. The molecule has 7 heteroatoms. The van der Waals surface area contributed by atoms with E-state index in [-0.39, 0.29) is 17.9 Å². The van der Waals surface area contributed by atoms with Crippen molar-refractivity contribution in [1.82, 2.24) is 4.90 Å². The summed E-state index contributed by atoms with van der Waals surface area (Å²) in [6.45, 7) is 2.86. The molecular formula is C22H25BrN2O2S2. The van der Waals surface area contributed by atoms with Crippen LogP contribution in [0.25, 0.3) is 5.57 Å². The highest BCUT2D eigenvalue weighted by Gasteiger charge is 2.44. The minimum Gasteiger partial charge on any atom is -0.308 e. The number of thiocarbonyl (C=S) groups is 1. The highest BCUT2D eigenvalue weighted by Crippen LogP contribution is 2.46. The van der Waals surface area contributed by atoms with Crippen LogP contribution < -0.4 is 4.90 Å². The van der Waals surface area contributed by atoms with Gasteiger partial charge in [0.15, 0.2) is 0 Å². The molecule has 0 N–H and O–H groups in total. The SMILES string of the molecule is CCCCCCN1C(=O)/C(=C2\SC(=S)N(C3CCCC3)C2=O)c2cc(Br)ccc21. The van der Waals surface area contributed by atoms with E-state index < -0.39 is 0 Å². The fourth-order valence-corrected chi connectivity index (χ4v) is 6.28. The van der Waals surface area contributed by atoms with Crippen LogP contribution in [0.3, 0.4) is 0 Å². The Hall–Kier alpha value is -1.18. The summed E-state index contributed by atoms with van der Waals surface area (Å²) in [5.74, 6) is -0.157. The molecule has 2 heterocycles. The summed E-state index contributed by atoms with van der Waals surface area (Å²) >= 11 is 10.4. The number of nitrogens with zero attached hydrogens (tertiary/aromatic N) is 2. The zero-order valence-electron chi connectivity index (χ0n) is 16.6. The smallest absolute Gasteiger partial charge is 0.267 e. The van der Waals surface area contributed by atoms with Crippen molar-refractivity contribution in [3.05, 3.63) is 33.1 Å². The van der Waals surface area contributed by atoms with Gasteiger partial charge in [-0.2, -0.15) is 0 Å². The molecule has 29 heavy (non-hydrogen) atoms. The number of halogens is 1. The maximum Gasteiger partial charge on any atom is 0.267 e. The molecule has 1 aromatic carbocycles. The van der Waals surface area contributed by atoms with Gasteiger partial charge in [-0.3, -0.25) is 14.5 Å². The molecule has 1 aliphatic carbocycles. The second kappa shape index (κ2) is 8.90. The average molecular weight is 493 g/mol. The third kappa shape index (κ3) is 3.93. The van der Waals surface area contributed by atoms with Gasteiger partial charge in [-0.25, -0.2) is 0 Å². The normalized spacial score (nSPS) is 22.3. The van der Waals surface area contributed by atoms with Crippen molar-refractivity contribution in [3.8, 4) is 0 Å². The van der Waals surface area contributed by atoms with Gasteiger partial charge < -0.3 is 4.90 Å². The van der Waals surface area contributed by atoms with Gasteiger partial charge in [-0.05, 0) is 37.5 Å². The topological polar surface area (TPSA) is 40.6 Å². The first-order valence-electron chi connectivity index (χ1n) is 10.4. The molecule has 0 atom stereocenters. The molecule has 2 amide bonds. The van der Waals surface area contributed by atoms with Gasteiger partial charge in [0.2, 0.25) is 0 Å². The van der Waals surface area contributed by atoms with Crippen LogP contribution in [0.2, 0.25) is 0 Å². The Morgan fingerprint density at radius 2 is 1.90 bits per heavy atom. The number of fused-ring (bicyclic) bond motifs is 1. The van der Waals surface area contributed by atoms with Crippen LogP contribution in [0.4, 0.5) is 5.69 Å². The first-order valence-corrected chi connectivity index (χ1v) is 12.5. The predicted molar refractivity (Wildman–Crippen MR) is 127 cm³/mol. The number of anilines is 1. The summed E-state index contributed by atoms with van der Waals surface area (Å²) in [6.07, 6.45) is 8.65. The monoisotopic (exact) mass is 492 g/mol. The van der Waals surface area contributed by atoms with Crippen molar-refractivity contribution in [3.63, 3.8) is 0 Å². The van der Waals surface area contributed by atoms with Gasteiger partial charge in [0.1, 0.15) is 4.32 Å². The van der Waals surface area contributed by atoms with Crippen molar-refractivity contribution in [2.24, 2.45) is 0 Å². The Bertz CT molecular complexity index is 893. The van der Waals surface area contributed by atoms with Crippen molar-refractivity contribution in [1.29, 1.82) is 0 Å². The second-order valence-corrected chi connectivity index (χ2v) is 10.4. The third-order valence-corrected chi connectivity index (χ3v) is 7.82. The fourth-order valence-electron chi connectivity index (χ4n) is 4.45. The predicted octanol–water partition coefficient (Wildman–Crippen LogP) is 5.89. The lowest BCUT2D eigenvalue weighted by Crippen LogP contribution is -2.37. The number of carbonyl (C=O) groups excluding carboxylic acids is 2. The fraction of sp³-hybridized carbons (Fsp3) is 0.500. The minimum atomic E-state index is -0.0889. The Labute approximate surface area is 190 Å². The molecule has 2 aliphatic heterocycles. The van der Waals surface area contributed by atoms with E-state index in [1.807, 2.05) is 23.1 Å². The molecule has 4 rings (SSSR count). The van der Waals surface area contributed by atoms with E-state index in [1.54, 1.807) is 4.90 Å². The van der Waals surface area contributed by atoms with E-state index in [4.69, 9.17) is 12.2 Å². The van der Waals surface area contributed by atoms with E-state index in [0.717, 1.165) is 60.7 Å². The molecule has 3 aliphatic rings. The molecule has 154 valence electrons. The molecule has 1 aromatic rings. The Morgan fingerprint density at radius 1 is 1.14 bits per heavy atom. The third-order valence-electron chi connectivity index (χ3n) is 5.93. The number of benzene rings is 1. The van der Waals surface area contributed by atoms with Crippen LogP contribution in [-0.2, 0) is 9.59 Å². The van der Waals surface area contributed by atoms with Gasteiger partial charge in [0, 0.05) is 22.6 Å². The van der Waals surface area contributed by atoms with Gasteiger partial charge in [0.05, 0.1) is 16.2 Å². The van der Waals surface area contributed by atoms with Gasteiger partial charge in [-0.15, -0.1) is 0 Å². The molecule has 0 radical (unpaired) electrons. The first kappa shape index (κ1) is 21.1. The van der Waals surface area contributed by atoms with Crippen LogP contribution in [-0.4, -0.2) is 33.6 Å². The first-order chi connectivity index (χ1) is 14.0. The quantitative estimate of drug-likeness (QED) is 0.282. The minimum absolute atomic E-state index is 0.0680. The lowest BCUT2D eigenvalue weighted by atomic mass is 10.1. The number of unbranched alkanes of at least 4 members (excludes halogenated alkanes) is 3. The van der Waals surface area contributed by atoms with E-state index in [9.17, 15) is 9.59 Å². The molecule has 0 aromatic heterocycles. The number of hydrogen-bond donors (Lipinski definition) is 0. The molecule has 1 saturated heterocycles. The standard InChI is InChI=1S/C22H25BrN2O2S2/c1-2-3-4-7-12-24-17-11-10-14(23)13-16(17)18(20(24)26)19-21(27)25(22(28)29-19)15-8-5-6-9-15/h10-11,13,15H,2-9,12H2,1H3/b19-18-. The largest absolute Gasteiger partial charge is 0.308 e. The van der Waals surface area contributed by atoms with Gasteiger partial charge in [-0.1, -0.05) is 78.9 Å². The van der Waals surface area contributed by atoms with E-state index >= 15 is 0 Å². The molecule has 0 spiro atoms. The average Bonchev–Trinajstić information content (AvgIpc) is 3.37. The van der Waals surface area contributed by atoms with Crippen molar-refractivity contribution < 1.29 is 9.59 Å². The highest BCUT2D eigenvalue weighted by molar-refractivity contribution is 9.10. The Morgan fingerprint density at radius 3 is 2.62 bits per heavy atom. The molecule has 0 unspecified atom stereocenters. The summed E-state index contributed by atoms with van der Waals surface area (Å²) in [5.41, 5.74) is 2.26. The molecule has 0 bridgehead atoms. The molecule has 1 saturated carbocycles. The van der Waals surface area contributed by atoms with Gasteiger partial charge in [0.25, 0.3) is 11.8 Å². The lowest BCUT2D eigenvalue weighted by molar-refractivity contribution is -0.123. The summed E-state index contributed by atoms with van der Waals surface area (Å²) in [7, 11) is 0. The zero-order chi connectivity index (χ0) is 20.5. The highest BCUT2D eigenvalue weighted by atomic mass is 79.9. The van der Waals surface area contributed by atoms with E-state index in [0.29, 0.717) is 21.3 Å². The number of amides is 2. The number of carbonyl (C=O) groups is 2. The number of thioether (sulfide) groups is 1. The van der Waals surface area contributed by atoms with Crippen LogP contribution in [0.15, 0.2) is 27.6 Å². The summed E-state index contributed by atoms with van der Waals surface area (Å²) in [5, 5.41) is 0. The molecule has 2 fully saturated rings. The van der Waals surface area contributed by atoms with E-state index in [2.05, 4.69) is 22.9 Å². The van der Waals surface area contributed by atoms with Crippen molar-refractivity contribution >= 4 is 67.3 Å². The van der Waals surface area contributed by atoms with Crippen LogP contribution in [0.1, 0.15) is 63.9 Å². The van der Waals surface area contributed by atoms with E-state index in [1.165, 1.54) is 18.2 Å². The Kier molecular flexibility index (Phi) is 6.47. The second-order valence-electron chi connectivity index (χ2n) is 7.86. The lowest BCUT2D eigenvalue weighted by Gasteiger charge is -2.22. The molecular weight excluding hydrogens is 468 g/mol. The van der Waals surface area contributed by atoms with Gasteiger partial charge >= 0.3 is 0 Å². The van der Waals surface area contributed by atoms with Crippen LogP contribution >= 0.6 is 39.9 Å². The van der Waals surface area contributed by atoms with Crippen LogP contribution in [0.5, 0.6) is 0 Å². The number of hydrogen-bond acceptors (Lipinski definition) is 4.